The summed E-state index contributed by atoms with van der Waals surface area (Å²) in [5, 5.41) is 12.4. The molecule has 2 aromatic rings. The second-order valence-electron chi connectivity index (χ2n) is 4.66. The van der Waals surface area contributed by atoms with Crippen LogP contribution in [0.1, 0.15) is 12.0 Å². The van der Waals surface area contributed by atoms with E-state index in [4.69, 9.17) is 0 Å². The Morgan fingerprint density at radius 3 is 2.76 bits per heavy atom. The molecular formula is C13H12N2O4S2. The lowest BCUT2D eigenvalue weighted by Gasteiger charge is -2.29. The van der Waals surface area contributed by atoms with E-state index in [1.54, 1.807) is 12.1 Å². The summed E-state index contributed by atoms with van der Waals surface area (Å²) in [6.07, 6.45) is 1.52. The maximum atomic E-state index is 12.8. The fraction of sp³-hybridized carbons (Fsp3) is 0.231. The van der Waals surface area contributed by atoms with E-state index in [-0.39, 0.29) is 9.90 Å². The molecule has 0 aliphatic carbocycles. The number of anilines is 1. The molecule has 2 heterocycles. The first-order valence-electron chi connectivity index (χ1n) is 6.34. The predicted molar refractivity (Wildman–Crippen MR) is 80.3 cm³/mol. The number of rotatable bonds is 3. The van der Waals surface area contributed by atoms with E-state index in [2.05, 4.69) is 0 Å². The first kappa shape index (κ1) is 14.0. The molecule has 0 saturated carbocycles. The van der Waals surface area contributed by atoms with Crippen LogP contribution >= 0.6 is 11.3 Å². The fourth-order valence-corrected chi connectivity index (χ4v) is 5.39. The summed E-state index contributed by atoms with van der Waals surface area (Å²) < 4.78 is 26.6. The van der Waals surface area contributed by atoms with Crippen molar-refractivity contribution in [2.75, 3.05) is 10.8 Å². The molecule has 8 heteroatoms. The molecule has 0 unspecified atom stereocenters. The number of fused-ring (bicyclic) bond motifs is 1. The molecule has 3 rings (SSSR count). The minimum absolute atomic E-state index is 0.204. The van der Waals surface area contributed by atoms with Gasteiger partial charge in [0, 0.05) is 12.6 Å². The summed E-state index contributed by atoms with van der Waals surface area (Å²) >= 11 is 0.882. The van der Waals surface area contributed by atoms with Gasteiger partial charge in [-0.3, -0.25) is 14.4 Å². The van der Waals surface area contributed by atoms with Crippen molar-refractivity contribution in [1.29, 1.82) is 0 Å². The average molecular weight is 324 g/mol. The van der Waals surface area contributed by atoms with Crippen LogP contribution in [0.25, 0.3) is 0 Å². The normalized spacial score (nSPS) is 14.8. The molecule has 0 amide bonds. The van der Waals surface area contributed by atoms with Gasteiger partial charge in [-0.15, -0.1) is 11.3 Å². The van der Waals surface area contributed by atoms with Crippen molar-refractivity contribution < 1.29 is 13.3 Å². The van der Waals surface area contributed by atoms with Gasteiger partial charge >= 0.3 is 5.69 Å². The average Bonchev–Trinajstić information content (AvgIpc) is 2.97. The summed E-state index contributed by atoms with van der Waals surface area (Å²) in [5.74, 6) is 0. The minimum atomic E-state index is -3.90. The molecular weight excluding hydrogens is 312 g/mol. The first-order valence-corrected chi connectivity index (χ1v) is 8.66. The van der Waals surface area contributed by atoms with Crippen molar-refractivity contribution in [3.63, 3.8) is 0 Å². The molecule has 0 atom stereocenters. The molecule has 21 heavy (non-hydrogen) atoms. The van der Waals surface area contributed by atoms with Crippen molar-refractivity contribution in [3.05, 3.63) is 51.4 Å². The third-order valence-electron chi connectivity index (χ3n) is 3.40. The van der Waals surface area contributed by atoms with Gasteiger partial charge in [-0.25, -0.2) is 0 Å². The van der Waals surface area contributed by atoms with Crippen molar-refractivity contribution in [1.82, 2.24) is 0 Å². The Kier molecular flexibility index (Phi) is 3.42. The van der Waals surface area contributed by atoms with Crippen molar-refractivity contribution >= 4 is 32.7 Å². The monoisotopic (exact) mass is 324 g/mol. The van der Waals surface area contributed by atoms with Crippen LogP contribution < -0.4 is 4.31 Å². The lowest BCUT2D eigenvalue weighted by molar-refractivity contribution is -0.387. The van der Waals surface area contributed by atoms with Crippen molar-refractivity contribution in [3.8, 4) is 0 Å². The number of hydrogen-bond acceptors (Lipinski definition) is 5. The largest absolute Gasteiger partial charge is 0.300 e. The van der Waals surface area contributed by atoms with Crippen molar-refractivity contribution in [2.24, 2.45) is 0 Å². The molecule has 0 fully saturated rings. The highest BCUT2D eigenvalue weighted by atomic mass is 32.2. The molecule has 0 saturated heterocycles. The Morgan fingerprint density at radius 1 is 1.24 bits per heavy atom. The second kappa shape index (κ2) is 5.12. The first-order chi connectivity index (χ1) is 10.0. The topological polar surface area (TPSA) is 80.5 Å². The lowest BCUT2D eigenvalue weighted by Crippen LogP contribution is -2.35. The SMILES string of the molecule is O=[N+]([O-])c1ccsc1S(=O)(=O)N1CCCc2ccccc21. The lowest BCUT2D eigenvalue weighted by atomic mass is 10.0. The smallest absolute Gasteiger partial charge is 0.265 e. The molecule has 6 nitrogen and oxygen atoms in total. The van der Waals surface area contributed by atoms with Crippen LogP contribution in [0.4, 0.5) is 11.4 Å². The van der Waals surface area contributed by atoms with E-state index in [1.807, 2.05) is 12.1 Å². The molecule has 0 bridgehead atoms. The van der Waals surface area contributed by atoms with Crippen LogP contribution in [-0.4, -0.2) is 19.9 Å². The Bertz CT molecular complexity index is 798. The summed E-state index contributed by atoms with van der Waals surface area (Å²) in [4.78, 5) is 10.3. The van der Waals surface area contributed by atoms with Gasteiger partial charge in [0.25, 0.3) is 10.0 Å². The summed E-state index contributed by atoms with van der Waals surface area (Å²) in [6.45, 7) is 0.342. The van der Waals surface area contributed by atoms with Gasteiger partial charge in [0.1, 0.15) is 0 Å². The number of para-hydroxylation sites is 1. The molecule has 0 N–H and O–H groups in total. The van der Waals surface area contributed by atoms with Gasteiger partial charge in [-0.1, -0.05) is 18.2 Å². The summed E-state index contributed by atoms with van der Waals surface area (Å²) in [6, 6.07) is 8.50. The molecule has 1 aromatic carbocycles. The number of nitrogens with zero attached hydrogens (tertiary/aromatic N) is 2. The van der Waals surface area contributed by atoms with Crippen LogP contribution in [0.5, 0.6) is 0 Å². The number of hydrogen-bond donors (Lipinski definition) is 0. The molecule has 0 radical (unpaired) electrons. The highest BCUT2D eigenvalue weighted by Crippen LogP contribution is 2.37. The van der Waals surface area contributed by atoms with Gasteiger partial charge in [0.05, 0.1) is 10.6 Å². The zero-order valence-corrected chi connectivity index (χ0v) is 12.6. The quantitative estimate of drug-likeness (QED) is 0.642. The Balaban J connectivity index is 2.12. The van der Waals surface area contributed by atoms with Gasteiger partial charge in [-0.05, 0) is 29.9 Å². The molecule has 1 aromatic heterocycles. The van der Waals surface area contributed by atoms with E-state index < -0.39 is 14.9 Å². The highest BCUT2D eigenvalue weighted by molar-refractivity contribution is 7.95. The Labute approximate surface area is 125 Å². The third kappa shape index (κ3) is 2.30. The van der Waals surface area contributed by atoms with Gasteiger partial charge in [-0.2, -0.15) is 8.42 Å². The predicted octanol–water partition coefficient (Wildman–Crippen LogP) is 2.80. The van der Waals surface area contributed by atoms with Gasteiger partial charge in [0.2, 0.25) is 4.21 Å². The number of benzene rings is 1. The van der Waals surface area contributed by atoms with Crippen LogP contribution in [0.3, 0.4) is 0 Å². The number of nitro groups is 1. The number of sulfonamides is 1. The van der Waals surface area contributed by atoms with Crippen LogP contribution in [-0.2, 0) is 16.4 Å². The zero-order valence-electron chi connectivity index (χ0n) is 10.9. The van der Waals surface area contributed by atoms with Gasteiger partial charge < -0.3 is 0 Å². The zero-order chi connectivity index (χ0) is 15.0. The molecule has 110 valence electrons. The number of thiophene rings is 1. The highest BCUT2D eigenvalue weighted by Gasteiger charge is 2.35. The summed E-state index contributed by atoms with van der Waals surface area (Å²) in [7, 11) is -3.90. The standard InChI is InChI=1S/C13H12N2O4S2/c16-15(17)12-7-9-20-13(12)21(18,19)14-8-3-5-10-4-1-2-6-11(10)14/h1-2,4,6-7,9H,3,5,8H2. The number of aryl methyl sites for hydroxylation is 1. The van der Waals surface area contributed by atoms with Crippen LogP contribution in [0, 0.1) is 10.1 Å². The fourth-order valence-electron chi connectivity index (χ4n) is 2.47. The maximum absolute atomic E-state index is 12.8. The van der Waals surface area contributed by atoms with Gasteiger partial charge in [0.15, 0.2) is 0 Å². The minimum Gasteiger partial charge on any atom is -0.265 e. The van der Waals surface area contributed by atoms with E-state index >= 15 is 0 Å². The van der Waals surface area contributed by atoms with Crippen molar-refractivity contribution in [2.45, 2.75) is 17.1 Å². The van der Waals surface area contributed by atoms with E-state index in [9.17, 15) is 18.5 Å². The Morgan fingerprint density at radius 2 is 2.00 bits per heavy atom. The Hall–Kier alpha value is -1.93. The van der Waals surface area contributed by atoms with E-state index in [0.717, 1.165) is 23.3 Å². The summed E-state index contributed by atoms with van der Waals surface area (Å²) in [5.41, 5.74) is 1.21. The molecule has 1 aliphatic rings. The maximum Gasteiger partial charge on any atom is 0.300 e. The molecule has 1 aliphatic heterocycles. The molecule has 0 spiro atoms. The third-order valence-corrected chi connectivity index (χ3v) is 6.65. The van der Waals surface area contributed by atoms with E-state index in [1.165, 1.54) is 15.8 Å². The second-order valence-corrected chi connectivity index (χ2v) is 7.63. The van der Waals surface area contributed by atoms with E-state index in [0.29, 0.717) is 18.7 Å². The van der Waals surface area contributed by atoms with Crippen LogP contribution in [0.15, 0.2) is 39.9 Å². The van der Waals surface area contributed by atoms with Crippen LogP contribution in [0.2, 0.25) is 0 Å².